The predicted octanol–water partition coefficient (Wildman–Crippen LogP) is 2.92. The fraction of sp³-hybridized carbons (Fsp3) is 0.500. The molecule has 1 aromatic rings. The largest absolute Gasteiger partial charge is 0.480 e. The van der Waals surface area contributed by atoms with Crippen molar-refractivity contribution in [3.05, 3.63) is 29.8 Å². The van der Waals surface area contributed by atoms with Gasteiger partial charge in [0.2, 0.25) is 0 Å². The number of ketones is 1. The van der Waals surface area contributed by atoms with Crippen LogP contribution in [-0.4, -0.2) is 47.1 Å². The molecule has 114 valence electrons. The molecule has 1 atom stereocenters. The average Bonchev–Trinajstić information content (AvgIpc) is 2.52. The van der Waals surface area contributed by atoms with E-state index in [1.807, 2.05) is 35.4 Å². The summed E-state index contributed by atoms with van der Waals surface area (Å²) in [6, 6.07) is 7.15. The molecule has 1 fully saturated rings. The Morgan fingerprint density at radius 2 is 2.00 bits per heavy atom. The van der Waals surface area contributed by atoms with Crippen LogP contribution in [0.1, 0.15) is 36.0 Å². The van der Waals surface area contributed by atoms with E-state index in [9.17, 15) is 14.7 Å². The number of carbonyl (C=O) groups is 2. The Balaban J connectivity index is 1.91. The lowest BCUT2D eigenvalue weighted by Crippen LogP contribution is -2.45. The summed E-state index contributed by atoms with van der Waals surface area (Å²) < 4.78 is 0. The van der Waals surface area contributed by atoms with Crippen LogP contribution in [0.15, 0.2) is 29.2 Å². The van der Waals surface area contributed by atoms with Crippen molar-refractivity contribution in [1.29, 1.82) is 0 Å². The quantitative estimate of drug-likeness (QED) is 0.647. The minimum absolute atomic E-state index is 0.0809. The van der Waals surface area contributed by atoms with Gasteiger partial charge in [0.1, 0.15) is 6.04 Å². The van der Waals surface area contributed by atoms with E-state index in [4.69, 9.17) is 0 Å². The number of thioether (sulfide) groups is 1. The number of likely N-dealkylation sites (tertiary alicyclic amines) is 1. The second-order valence-electron chi connectivity index (χ2n) is 5.29. The summed E-state index contributed by atoms with van der Waals surface area (Å²) in [7, 11) is 0. The maximum Gasteiger partial charge on any atom is 0.320 e. The minimum atomic E-state index is -0.772. The third-order valence-electron chi connectivity index (χ3n) is 3.94. The molecular formula is C16H21NO3S. The van der Waals surface area contributed by atoms with Gasteiger partial charge in [-0.25, -0.2) is 0 Å². The fourth-order valence-corrected chi connectivity index (χ4v) is 3.11. The first kappa shape index (κ1) is 16.0. The van der Waals surface area contributed by atoms with E-state index < -0.39 is 12.0 Å². The molecule has 0 amide bonds. The van der Waals surface area contributed by atoms with Crippen molar-refractivity contribution in [2.24, 2.45) is 0 Å². The van der Waals surface area contributed by atoms with Gasteiger partial charge in [0, 0.05) is 23.4 Å². The first-order valence-electron chi connectivity index (χ1n) is 7.26. The molecule has 0 bridgehead atoms. The number of nitrogens with zero attached hydrogens (tertiary/aromatic N) is 1. The maximum absolute atomic E-state index is 12.2. The third-order valence-corrected chi connectivity index (χ3v) is 4.68. The lowest BCUT2D eigenvalue weighted by molar-refractivity contribution is -0.144. The van der Waals surface area contributed by atoms with E-state index in [1.165, 1.54) is 0 Å². The number of carboxylic acids is 1. The highest BCUT2D eigenvalue weighted by Crippen LogP contribution is 2.19. The van der Waals surface area contributed by atoms with Gasteiger partial charge < -0.3 is 5.11 Å². The van der Waals surface area contributed by atoms with Crippen LogP contribution >= 0.6 is 11.8 Å². The summed E-state index contributed by atoms with van der Waals surface area (Å²) in [5.74, 6) is -0.691. The lowest BCUT2D eigenvalue weighted by atomic mass is 10.0. The zero-order chi connectivity index (χ0) is 15.2. The zero-order valence-corrected chi connectivity index (χ0v) is 13.1. The Bertz CT molecular complexity index is 501. The number of carbonyl (C=O) groups excluding carboxylic acids is 1. The van der Waals surface area contributed by atoms with Gasteiger partial charge in [-0.2, -0.15) is 0 Å². The Morgan fingerprint density at radius 1 is 1.29 bits per heavy atom. The Kier molecular flexibility index (Phi) is 5.82. The standard InChI is InChI=1S/C16H21NO3S/c1-21-13-7-5-12(6-8-13)15(18)9-11-17-10-3-2-4-14(17)16(19)20/h5-8,14H,2-4,9-11H2,1H3,(H,19,20). The monoisotopic (exact) mass is 307 g/mol. The van der Waals surface area contributed by atoms with Crippen LogP contribution in [0.2, 0.25) is 0 Å². The summed E-state index contributed by atoms with van der Waals surface area (Å²) in [6.07, 6.45) is 5.03. The first-order chi connectivity index (χ1) is 10.1. The zero-order valence-electron chi connectivity index (χ0n) is 12.2. The van der Waals surface area contributed by atoms with Crippen LogP contribution < -0.4 is 0 Å². The molecule has 0 radical (unpaired) electrons. The Hall–Kier alpha value is -1.33. The summed E-state index contributed by atoms with van der Waals surface area (Å²) in [6.45, 7) is 1.30. The molecule has 0 spiro atoms. The molecule has 21 heavy (non-hydrogen) atoms. The average molecular weight is 307 g/mol. The molecule has 5 heteroatoms. The number of hydrogen-bond donors (Lipinski definition) is 1. The minimum Gasteiger partial charge on any atom is -0.480 e. The summed E-state index contributed by atoms with van der Waals surface area (Å²) in [5, 5.41) is 9.22. The molecule has 1 heterocycles. The van der Waals surface area contributed by atoms with Gasteiger partial charge in [0.25, 0.3) is 0 Å². The molecule has 4 nitrogen and oxygen atoms in total. The molecule has 1 aliphatic heterocycles. The lowest BCUT2D eigenvalue weighted by Gasteiger charge is -2.32. The highest BCUT2D eigenvalue weighted by molar-refractivity contribution is 7.98. The second kappa shape index (κ2) is 7.61. The van der Waals surface area contributed by atoms with Crippen molar-refractivity contribution in [3.63, 3.8) is 0 Å². The molecular weight excluding hydrogens is 286 g/mol. The number of Topliss-reactive ketones (excluding diaryl/α,β-unsaturated/α-hetero) is 1. The third kappa shape index (κ3) is 4.32. The van der Waals surface area contributed by atoms with Gasteiger partial charge in [0.05, 0.1) is 0 Å². The summed E-state index contributed by atoms with van der Waals surface area (Å²) in [4.78, 5) is 26.5. The van der Waals surface area contributed by atoms with Crippen LogP contribution in [-0.2, 0) is 4.79 Å². The molecule has 1 saturated heterocycles. The molecule has 2 rings (SSSR count). The molecule has 1 aliphatic rings. The Morgan fingerprint density at radius 3 is 2.62 bits per heavy atom. The van der Waals surface area contributed by atoms with Crippen molar-refractivity contribution >= 4 is 23.5 Å². The van der Waals surface area contributed by atoms with Crippen LogP contribution in [0.4, 0.5) is 0 Å². The second-order valence-corrected chi connectivity index (χ2v) is 6.17. The van der Waals surface area contributed by atoms with Gasteiger partial charge in [-0.3, -0.25) is 14.5 Å². The van der Waals surface area contributed by atoms with Crippen LogP contribution in [0.5, 0.6) is 0 Å². The van der Waals surface area contributed by atoms with Crippen molar-refractivity contribution < 1.29 is 14.7 Å². The van der Waals surface area contributed by atoms with E-state index in [-0.39, 0.29) is 5.78 Å². The smallest absolute Gasteiger partial charge is 0.320 e. The number of benzene rings is 1. The molecule has 0 aliphatic carbocycles. The van der Waals surface area contributed by atoms with Crippen LogP contribution in [0.25, 0.3) is 0 Å². The van der Waals surface area contributed by atoms with E-state index >= 15 is 0 Å². The normalized spacial score (nSPS) is 19.4. The van der Waals surface area contributed by atoms with Crippen molar-refractivity contribution in [1.82, 2.24) is 4.90 Å². The first-order valence-corrected chi connectivity index (χ1v) is 8.48. The number of piperidine rings is 1. The van der Waals surface area contributed by atoms with Crippen molar-refractivity contribution in [3.8, 4) is 0 Å². The maximum atomic E-state index is 12.2. The summed E-state index contributed by atoms with van der Waals surface area (Å²) >= 11 is 1.64. The van der Waals surface area contributed by atoms with Gasteiger partial charge >= 0.3 is 5.97 Å². The topological polar surface area (TPSA) is 57.6 Å². The van der Waals surface area contributed by atoms with Gasteiger partial charge in [-0.1, -0.05) is 18.6 Å². The molecule has 1 aromatic carbocycles. The predicted molar refractivity (Wildman–Crippen MR) is 84.0 cm³/mol. The number of hydrogen-bond acceptors (Lipinski definition) is 4. The van der Waals surface area contributed by atoms with Gasteiger partial charge in [-0.15, -0.1) is 11.8 Å². The van der Waals surface area contributed by atoms with E-state index in [0.29, 0.717) is 24.9 Å². The fourth-order valence-electron chi connectivity index (χ4n) is 2.70. The molecule has 0 saturated carbocycles. The SMILES string of the molecule is CSc1ccc(C(=O)CCN2CCCCC2C(=O)O)cc1. The Labute approximate surface area is 129 Å². The highest BCUT2D eigenvalue weighted by atomic mass is 32.2. The van der Waals surface area contributed by atoms with Crippen molar-refractivity contribution in [2.75, 3.05) is 19.3 Å². The van der Waals surface area contributed by atoms with Gasteiger partial charge in [0.15, 0.2) is 5.78 Å². The van der Waals surface area contributed by atoms with E-state index in [2.05, 4.69) is 0 Å². The molecule has 0 aromatic heterocycles. The number of rotatable bonds is 6. The van der Waals surface area contributed by atoms with Crippen molar-refractivity contribution in [2.45, 2.75) is 36.6 Å². The number of carboxylic acid groups (broad SMARTS) is 1. The highest BCUT2D eigenvalue weighted by Gasteiger charge is 2.28. The van der Waals surface area contributed by atoms with Gasteiger partial charge in [-0.05, 0) is 37.8 Å². The van der Waals surface area contributed by atoms with E-state index in [0.717, 1.165) is 24.3 Å². The van der Waals surface area contributed by atoms with E-state index in [1.54, 1.807) is 11.8 Å². The van der Waals surface area contributed by atoms with Crippen LogP contribution in [0, 0.1) is 0 Å². The molecule has 1 unspecified atom stereocenters. The molecule has 1 N–H and O–H groups in total. The van der Waals surface area contributed by atoms with Crippen LogP contribution in [0.3, 0.4) is 0 Å². The summed E-state index contributed by atoms with van der Waals surface area (Å²) in [5.41, 5.74) is 0.705. The number of aliphatic carboxylic acids is 1.